The molecule has 1 aromatic heterocycles. The van der Waals surface area contributed by atoms with Gasteiger partial charge in [0.1, 0.15) is 0 Å². The lowest BCUT2D eigenvalue weighted by Gasteiger charge is -2.35. The fourth-order valence-corrected chi connectivity index (χ4v) is 4.16. The van der Waals surface area contributed by atoms with E-state index in [-0.39, 0.29) is 11.1 Å². The van der Waals surface area contributed by atoms with Gasteiger partial charge in [-0.2, -0.15) is 5.10 Å². The lowest BCUT2D eigenvalue weighted by Crippen LogP contribution is -2.44. The third kappa shape index (κ3) is 2.97. The molecular formula is C22H24N3O2. The molecule has 1 radical (unpaired) electrons. The van der Waals surface area contributed by atoms with E-state index >= 15 is 0 Å². The molecule has 0 aliphatic carbocycles. The van der Waals surface area contributed by atoms with Gasteiger partial charge in [0.25, 0.3) is 5.56 Å². The van der Waals surface area contributed by atoms with Gasteiger partial charge in [0.2, 0.25) is 0 Å². The molecule has 27 heavy (non-hydrogen) atoms. The first-order valence-electron chi connectivity index (χ1n) is 9.34. The first kappa shape index (κ1) is 17.9. The predicted molar refractivity (Wildman–Crippen MR) is 105 cm³/mol. The summed E-state index contributed by atoms with van der Waals surface area (Å²) in [6.07, 6.45) is 2.37. The Kier molecular flexibility index (Phi) is 4.17. The van der Waals surface area contributed by atoms with Crippen molar-refractivity contribution in [2.45, 2.75) is 51.1 Å². The summed E-state index contributed by atoms with van der Waals surface area (Å²) >= 11 is 0. The van der Waals surface area contributed by atoms with Crippen molar-refractivity contribution in [3.05, 3.63) is 75.7 Å². The maximum Gasteiger partial charge on any atom is 0.272 e. The van der Waals surface area contributed by atoms with E-state index in [9.17, 15) is 10.0 Å². The first-order valence-corrected chi connectivity index (χ1v) is 9.34. The van der Waals surface area contributed by atoms with Gasteiger partial charge in [-0.1, -0.05) is 42.5 Å². The quantitative estimate of drug-likeness (QED) is 0.767. The fraction of sp³-hybridized carbons (Fsp3) is 0.364. The Labute approximate surface area is 158 Å². The Balaban J connectivity index is 1.63. The minimum Gasteiger partial charge on any atom is -0.267 e. The number of hydroxylamine groups is 2. The number of aromatic amines is 1. The monoisotopic (exact) mass is 362 g/mol. The summed E-state index contributed by atoms with van der Waals surface area (Å²) in [4.78, 5) is 11.9. The second-order valence-electron chi connectivity index (χ2n) is 8.30. The van der Waals surface area contributed by atoms with Gasteiger partial charge in [-0.05, 0) is 50.8 Å². The Morgan fingerprint density at radius 1 is 1.00 bits per heavy atom. The molecule has 2 aromatic carbocycles. The lowest BCUT2D eigenvalue weighted by atomic mass is 9.89. The number of H-pyrrole nitrogens is 1. The number of rotatable bonds is 3. The predicted octanol–water partition coefficient (Wildman–Crippen LogP) is 3.95. The topological polar surface area (TPSA) is 68.9 Å². The molecule has 1 aliphatic heterocycles. The molecule has 2 heterocycles. The van der Waals surface area contributed by atoms with Crippen molar-refractivity contribution in [1.29, 1.82) is 0 Å². The van der Waals surface area contributed by atoms with Crippen LogP contribution >= 0.6 is 0 Å². The standard InChI is InChI=1S/C22H24N3O2/c1-21(2)12-13-22(3,25(21)27)16-10-8-15(9-11-16)14-19-17-6-4-5-7-18(17)20(26)24-23-19/h4-11H,12-14H2,1-3H3,(H,24,26). The van der Waals surface area contributed by atoms with E-state index in [0.29, 0.717) is 11.8 Å². The normalized spacial score (nSPS) is 22.4. The van der Waals surface area contributed by atoms with Crippen LogP contribution in [-0.2, 0) is 17.2 Å². The van der Waals surface area contributed by atoms with Gasteiger partial charge in [0.15, 0.2) is 0 Å². The van der Waals surface area contributed by atoms with Crippen LogP contribution in [0.5, 0.6) is 0 Å². The maximum atomic E-state index is 12.8. The summed E-state index contributed by atoms with van der Waals surface area (Å²) in [5, 5.41) is 22.4. The lowest BCUT2D eigenvalue weighted by molar-refractivity contribution is -0.252. The highest BCUT2D eigenvalue weighted by molar-refractivity contribution is 5.83. The molecule has 5 nitrogen and oxygen atoms in total. The van der Waals surface area contributed by atoms with E-state index in [2.05, 4.69) is 34.5 Å². The summed E-state index contributed by atoms with van der Waals surface area (Å²) < 4.78 is 0. The van der Waals surface area contributed by atoms with E-state index in [4.69, 9.17) is 0 Å². The highest BCUT2D eigenvalue weighted by Gasteiger charge is 2.49. The van der Waals surface area contributed by atoms with Crippen molar-refractivity contribution in [2.75, 3.05) is 0 Å². The smallest absolute Gasteiger partial charge is 0.267 e. The summed E-state index contributed by atoms with van der Waals surface area (Å²) in [6.45, 7) is 6.04. The van der Waals surface area contributed by atoms with Gasteiger partial charge < -0.3 is 0 Å². The van der Waals surface area contributed by atoms with Crippen molar-refractivity contribution in [1.82, 2.24) is 15.3 Å². The zero-order valence-electron chi connectivity index (χ0n) is 16.0. The third-order valence-electron chi connectivity index (χ3n) is 5.94. The van der Waals surface area contributed by atoms with Crippen LogP contribution in [0.15, 0.2) is 53.3 Å². The van der Waals surface area contributed by atoms with Crippen molar-refractivity contribution in [2.24, 2.45) is 0 Å². The number of nitrogens with zero attached hydrogens (tertiary/aromatic N) is 2. The molecule has 1 unspecified atom stereocenters. The van der Waals surface area contributed by atoms with E-state index in [1.807, 2.05) is 45.0 Å². The molecule has 1 saturated heterocycles. The minimum absolute atomic E-state index is 0.169. The maximum absolute atomic E-state index is 12.8. The third-order valence-corrected chi connectivity index (χ3v) is 5.94. The average molecular weight is 362 g/mol. The molecule has 1 N–H and O–H groups in total. The minimum atomic E-state index is -0.481. The fourth-order valence-electron chi connectivity index (χ4n) is 4.16. The first-order chi connectivity index (χ1) is 12.8. The average Bonchev–Trinajstić information content (AvgIpc) is 2.89. The van der Waals surface area contributed by atoms with Crippen molar-refractivity contribution in [3.63, 3.8) is 0 Å². The molecule has 1 atom stereocenters. The van der Waals surface area contributed by atoms with E-state index in [1.165, 1.54) is 5.06 Å². The van der Waals surface area contributed by atoms with Crippen LogP contribution in [0.2, 0.25) is 0 Å². The molecule has 3 aromatic rings. The Hall–Kier alpha value is -2.50. The van der Waals surface area contributed by atoms with E-state index in [0.717, 1.165) is 35.0 Å². The molecule has 1 fully saturated rings. The molecular weight excluding hydrogens is 338 g/mol. The SMILES string of the molecule is CC1(C)CCC(C)(c2ccc(Cc3n[nH]c(=O)c4ccccc34)cc2)N1[O]. The van der Waals surface area contributed by atoms with Crippen LogP contribution in [0.4, 0.5) is 0 Å². The number of hydrogen-bond acceptors (Lipinski definition) is 3. The van der Waals surface area contributed by atoms with Crippen LogP contribution < -0.4 is 5.56 Å². The van der Waals surface area contributed by atoms with Crippen LogP contribution in [0.25, 0.3) is 10.8 Å². The largest absolute Gasteiger partial charge is 0.272 e. The zero-order valence-corrected chi connectivity index (χ0v) is 16.0. The summed E-state index contributed by atoms with van der Waals surface area (Å²) in [6, 6.07) is 15.7. The van der Waals surface area contributed by atoms with Gasteiger partial charge >= 0.3 is 0 Å². The summed E-state index contributed by atoms with van der Waals surface area (Å²) in [5.41, 5.74) is 2.01. The van der Waals surface area contributed by atoms with Crippen LogP contribution in [0.3, 0.4) is 0 Å². The second-order valence-corrected chi connectivity index (χ2v) is 8.30. The van der Waals surface area contributed by atoms with Gasteiger partial charge in [-0.25, -0.2) is 5.10 Å². The van der Waals surface area contributed by atoms with Crippen molar-refractivity contribution < 1.29 is 5.21 Å². The van der Waals surface area contributed by atoms with Crippen molar-refractivity contribution in [3.8, 4) is 0 Å². The second kappa shape index (κ2) is 6.29. The van der Waals surface area contributed by atoms with Crippen molar-refractivity contribution >= 4 is 10.8 Å². The van der Waals surface area contributed by atoms with Gasteiger partial charge in [-0.15, -0.1) is 10.3 Å². The zero-order chi connectivity index (χ0) is 19.2. The molecule has 0 spiro atoms. The van der Waals surface area contributed by atoms with Gasteiger partial charge in [0, 0.05) is 17.3 Å². The number of aromatic nitrogens is 2. The highest BCUT2D eigenvalue weighted by Crippen LogP contribution is 2.45. The summed E-state index contributed by atoms with van der Waals surface area (Å²) in [5.74, 6) is 0. The van der Waals surface area contributed by atoms with Crippen LogP contribution in [0.1, 0.15) is 50.4 Å². The number of hydrogen-bond donors (Lipinski definition) is 1. The molecule has 1 aliphatic rings. The molecule has 5 heteroatoms. The Morgan fingerprint density at radius 2 is 1.67 bits per heavy atom. The number of benzene rings is 2. The molecule has 0 bridgehead atoms. The van der Waals surface area contributed by atoms with E-state index < -0.39 is 5.54 Å². The molecule has 0 saturated carbocycles. The number of nitrogens with one attached hydrogen (secondary N) is 1. The van der Waals surface area contributed by atoms with E-state index in [1.54, 1.807) is 0 Å². The summed E-state index contributed by atoms with van der Waals surface area (Å²) in [7, 11) is 0. The van der Waals surface area contributed by atoms with Gasteiger partial charge in [-0.3, -0.25) is 4.79 Å². The molecule has 0 amide bonds. The van der Waals surface area contributed by atoms with Crippen LogP contribution in [-0.4, -0.2) is 20.8 Å². The molecule has 4 rings (SSSR count). The Morgan fingerprint density at radius 3 is 2.30 bits per heavy atom. The Bertz CT molecular complexity index is 1040. The number of fused-ring (bicyclic) bond motifs is 1. The highest BCUT2D eigenvalue weighted by atomic mass is 16.5. The van der Waals surface area contributed by atoms with Gasteiger partial charge in [0.05, 0.1) is 16.6 Å². The van der Waals surface area contributed by atoms with Crippen LogP contribution in [0, 0.1) is 0 Å². The molecule has 139 valence electrons.